The smallest absolute Gasteiger partial charge is 0.240 e. The van der Waals surface area contributed by atoms with E-state index in [0.717, 1.165) is 43.5 Å². The van der Waals surface area contributed by atoms with E-state index in [0.29, 0.717) is 11.4 Å². The Morgan fingerprint density at radius 1 is 1.00 bits per heavy atom. The molecule has 5 nitrogen and oxygen atoms in total. The van der Waals surface area contributed by atoms with Crippen molar-refractivity contribution in [2.75, 3.05) is 39.3 Å². The maximum atomic E-state index is 12.6. The van der Waals surface area contributed by atoms with Crippen molar-refractivity contribution in [3.05, 3.63) is 42.5 Å². The minimum absolute atomic E-state index is 0.285. The van der Waals surface area contributed by atoms with E-state index < -0.39 is 10.0 Å². The van der Waals surface area contributed by atoms with Gasteiger partial charge in [-0.05, 0) is 22.9 Å². The molecule has 3 heterocycles. The lowest BCUT2D eigenvalue weighted by Gasteiger charge is -2.47. The zero-order valence-corrected chi connectivity index (χ0v) is 13.8. The Labute approximate surface area is 136 Å². The highest BCUT2D eigenvalue weighted by Gasteiger charge is 2.32. The van der Waals surface area contributed by atoms with Crippen LogP contribution in [0.5, 0.6) is 0 Å². The Bertz CT molecular complexity index is 813. The Morgan fingerprint density at radius 3 is 2.43 bits per heavy atom. The van der Waals surface area contributed by atoms with Gasteiger partial charge in [-0.25, -0.2) is 13.1 Å². The summed E-state index contributed by atoms with van der Waals surface area (Å²) in [5.74, 6) is 0. The van der Waals surface area contributed by atoms with E-state index in [1.54, 1.807) is 12.1 Å². The molecule has 1 N–H and O–H groups in total. The van der Waals surface area contributed by atoms with Crippen molar-refractivity contribution >= 4 is 20.8 Å². The highest BCUT2D eigenvalue weighted by molar-refractivity contribution is 7.89. The van der Waals surface area contributed by atoms with E-state index in [4.69, 9.17) is 0 Å². The van der Waals surface area contributed by atoms with Crippen LogP contribution in [-0.2, 0) is 10.0 Å². The summed E-state index contributed by atoms with van der Waals surface area (Å²) in [6, 6.07) is 13.4. The highest BCUT2D eigenvalue weighted by atomic mass is 32.2. The lowest BCUT2D eigenvalue weighted by molar-refractivity contribution is 0.0158. The molecule has 0 amide bonds. The quantitative estimate of drug-likeness (QED) is 0.912. The fourth-order valence-electron chi connectivity index (χ4n) is 3.54. The summed E-state index contributed by atoms with van der Waals surface area (Å²) in [5.41, 5.74) is 0. The van der Waals surface area contributed by atoms with E-state index >= 15 is 0 Å². The number of benzene rings is 2. The Morgan fingerprint density at radius 2 is 1.74 bits per heavy atom. The molecule has 3 aliphatic heterocycles. The van der Waals surface area contributed by atoms with Crippen LogP contribution in [0.4, 0.5) is 0 Å². The van der Waals surface area contributed by atoms with Gasteiger partial charge < -0.3 is 0 Å². The Hall–Kier alpha value is -1.47. The van der Waals surface area contributed by atoms with Gasteiger partial charge in [0.1, 0.15) is 0 Å². The second-order valence-electron chi connectivity index (χ2n) is 6.35. The fraction of sp³-hybridized carbons (Fsp3) is 0.412. The molecule has 3 saturated heterocycles. The van der Waals surface area contributed by atoms with Gasteiger partial charge in [-0.1, -0.05) is 30.3 Å². The Kier molecular flexibility index (Phi) is 3.85. The van der Waals surface area contributed by atoms with Crippen LogP contribution in [0.2, 0.25) is 0 Å². The second-order valence-corrected chi connectivity index (χ2v) is 8.12. The molecule has 5 rings (SSSR count). The molecule has 3 fully saturated rings. The summed E-state index contributed by atoms with van der Waals surface area (Å²) in [4.78, 5) is 5.14. The van der Waals surface area contributed by atoms with E-state index in [1.165, 1.54) is 0 Å². The number of fused-ring (bicyclic) bond motifs is 4. The zero-order valence-electron chi connectivity index (χ0n) is 13.0. The largest absolute Gasteiger partial charge is 0.299 e. The number of hydrogen-bond acceptors (Lipinski definition) is 4. The monoisotopic (exact) mass is 331 g/mol. The first kappa shape index (κ1) is 15.1. The lowest BCUT2D eigenvalue weighted by atomic mass is 10.1. The van der Waals surface area contributed by atoms with E-state index in [2.05, 4.69) is 14.5 Å². The number of nitrogens with zero attached hydrogens (tertiary/aromatic N) is 2. The molecular formula is C17H21N3O2S. The van der Waals surface area contributed by atoms with Crippen LogP contribution in [0.1, 0.15) is 0 Å². The van der Waals surface area contributed by atoms with Crippen molar-refractivity contribution in [1.29, 1.82) is 0 Å². The molecule has 3 aliphatic rings. The summed E-state index contributed by atoms with van der Waals surface area (Å²) in [6.45, 7) is 5.73. The highest BCUT2D eigenvalue weighted by Crippen LogP contribution is 2.20. The molecule has 0 aliphatic carbocycles. The van der Waals surface area contributed by atoms with Crippen molar-refractivity contribution in [1.82, 2.24) is 14.5 Å². The van der Waals surface area contributed by atoms with Crippen LogP contribution in [0.3, 0.4) is 0 Å². The van der Waals surface area contributed by atoms with Gasteiger partial charge in [-0.15, -0.1) is 0 Å². The third-order valence-electron chi connectivity index (χ3n) is 4.93. The fourth-order valence-corrected chi connectivity index (χ4v) is 4.65. The number of nitrogens with one attached hydrogen (secondary N) is 1. The molecule has 2 aromatic carbocycles. The Balaban J connectivity index is 1.50. The summed E-state index contributed by atoms with van der Waals surface area (Å²) in [6.07, 6.45) is 0. The van der Waals surface area contributed by atoms with E-state index in [1.807, 2.05) is 30.3 Å². The van der Waals surface area contributed by atoms with Gasteiger partial charge in [0.05, 0.1) is 4.90 Å². The standard InChI is InChI=1S/C17H21N3O2S/c21-23(22,17-6-5-14-3-1-2-4-15(14)11-17)18-12-16-13-19-7-9-20(16)10-8-19/h1-6,11,16,18H,7-10,12-13H2. The first-order valence-electron chi connectivity index (χ1n) is 8.07. The lowest BCUT2D eigenvalue weighted by Crippen LogP contribution is -2.63. The minimum atomic E-state index is -3.46. The van der Waals surface area contributed by atoms with Gasteiger partial charge in [-0.3, -0.25) is 9.80 Å². The molecule has 0 radical (unpaired) electrons. The molecule has 1 unspecified atom stereocenters. The van der Waals surface area contributed by atoms with Gasteiger partial charge in [-0.2, -0.15) is 0 Å². The maximum Gasteiger partial charge on any atom is 0.240 e. The SMILES string of the molecule is O=S(=O)(NCC1CN2CCN1CC2)c1ccc2ccccc2c1. The average Bonchev–Trinajstić information content (AvgIpc) is 2.61. The van der Waals surface area contributed by atoms with Crippen LogP contribution in [0.15, 0.2) is 47.4 Å². The van der Waals surface area contributed by atoms with E-state index in [9.17, 15) is 8.42 Å². The molecule has 0 saturated carbocycles. The number of rotatable bonds is 4. The van der Waals surface area contributed by atoms with Gasteiger partial charge in [0.25, 0.3) is 0 Å². The predicted octanol–water partition coefficient (Wildman–Crippen LogP) is 1.12. The zero-order chi connectivity index (χ0) is 15.9. The molecule has 122 valence electrons. The number of sulfonamides is 1. The molecule has 6 heteroatoms. The molecule has 0 spiro atoms. The van der Waals surface area contributed by atoms with Crippen molar-refractivity contribution in [3.63, 3.8) is 0 Å². The topological polar surface area (TPSA) is 52.7 Å². The molecule has 0 aromatic heterocycles. The molecule has 2 bridgehead atoms. The maximum absolute atomic E-state index is 12.6. The van der Waals surface area contributed by atoms with Crippen molar-refractivity contribution in [3.8, 4) is 0 Å². The van der Waals surface area contributed by atoms with Crippen molar-refractivity contribution < 1.29 is 8.42 Å². The molecular weight excluding hydrogens is 310 g/mol. The first-order valence-corrected chi connectivity index (χ1v) is 9.55. The third kappa shape index (κ3) is 2.99. The summed E-state index contributed by atoms with van der Waals surface area (Å²) >= 11 is 0. The van der Waals surface area contributed by atoms with Crippen LogP contribution >= 0.6 is 0 Å². The summed E-state index contributed by atoms with van der Waals surface area (Å²) in [7, 11) is -3.46. The van der Waals surface area contributed by atoms with Gasteiger partial charge in [0, 0.05) is 45.3 Å². The second kappa shape index (κ2) is 5.87. The minimum Gasteiger partial charge on any atom is -0.299 e. The normalized spacial score (nSPS) is 27.4. The summed E-state index contributed by atoms with van der Waals surface area (Å²) in [5, 5.41) is 2.00. The average molecular weight is 331 g/mol. The van der Waals surface area contributed by atoms with Crippen LogP contribution in [-0.4, -0.2) is 63.5 Å². The molecule has 23 heavy (non-hydrogen) atoms. The predicted molar refractivity (Wildman–Crippen MR) is 90.9 cm³/mol. The van der Waals surface area contributed by atoms with Gasteiger partial charge in [0.15, 0.2) is 0 Å². The third-order valence-corrected chi connectivity index (χ3v) is 6.35. The van der Waals surface area contributed by atoms with Crippen LogP contribution in [0.25, 0.3) is 10.8 Å². The van der Waals surface area contributed by atoms with Crippen molar-refractivity contribution in [2.24, 2.45) is 0 Å². The summed E-state index contributed by atoms with van der Waals surface area (Å²) < 4.78 is 28.0. The molecule has 2 aromatic rings. The molecule has 1 atom stereocenters. The van der Waals surface area contributed by atoms with Crippen LogP contribution in [0, 0.1) is 0 Å². The van der Waals surface area contributed by atoms with Crippen molar-refractivity contribution in [2.45, 2.75) is 10.9 Å². The number of hydrogen-bond donors (Lipinski definition) is 1. The van der Waals surface area contributed by atoms with Gasteiger partial charge in [0.2, 0.25) is 10.0 Å². The van der Waals surface area contributed by atoms with E-state index in [-0.39, 0.29) is 6.04 Å². The first-order chi connectivity index (χ1) is 11.1. The van der Waals surface area contributed by atoms with Crippen LogP contribution < -0.4 is 4.72 Å². The number of piperazine rings is 3. The van der Waals surface area contributed by atoms with Gasteiger partial charge >= 0.3 is 0 Å².